The van der Waals surface area contributed by atoms with Crippen LogP contribution in [0.5, 0.6) is 0 Å². The van der Waals surface area contributed by atoms with Crippen molar-refractivity contribution in [3.63, 3.8) is 0 Å². The fourth-order valence-corrected chi connectivity index (χ4v) is 9.16. The van der Waals surface area contributed by atoms with Gasteiger partial charge < -0.3 is 0 Å². The highest BCUT2D eigenvalue weighted by atomic mass is 32.2. The van der Waals surface area contributed by atoms with Crippen molar-refractivity contribution in [3.8, 4) is 0 Å². The molecule has 0 aliphatic carbocycles. The molecule has 2 rings (SSSR count). The highest BCUT2D eigenvalue weighted by Gasteiger charge is 2.43. The van der Waals surface area contributed by atoms with Crippen molar-refractivity contribution in [2.75, 3.05) is 12.0 Å². The molecule has 5 N–H and O–H groups in total. The number of hydrogen-bond acceptors (Lipinski definition) is 8. The Morgan fingerprint density at radius 3 is 1.46 bits per heavy atom. The van der Waals surface area contributed by atoms with Crippen LogP contribution in [0.4, 0.5) is 0 Å². The molecule has 0 saturated heterocycles. The summed E-state index contributed by atoms with van der Waals surface area (Å²) in [6.45, 7) is 2.21. The fraction of sp³-hybridized carbons (Fsp3) is 0.600. The first-order valence-corrected chi connectivity index (χ1v) is 22.3. The van der Waals surface area contributed by atoms with Crippen LogP contribution in [-0.2, 0) is 45.9 Å². The van der Waals surface area contributed by atoms with Crippen LogP contribution in [0, 0.1) is 0 Å². The van der Waals surface area contributed by atoms with Crippen molar-refractivity contribution < 1.29 is 33.7 Å². The van der Waals surface area contributed by atoms with E-state index < -0.39 is 51.6 Å². The molecule has 2 aromatic carbocycles. The van der Waals surface area contributed by atoms with Gasteiger partial charge in [-0.25, -0.2) is 38.8 Å². The second-order valence-corrected chi connectivity index (χ2v) is 18.5. The minimum Gasteiger partial charge on any atom is -0.225 e. The summed E-state index contributed by atoms with van der Waals surface area (Å²) in [4.78, 5) is -0.609. The van der Waals surface area contributed by atoms with Gasteiger partial charge in [0.15, 0.2) is 5.79 Å². The quantitative estimate of drug-likeness (QED) is 0.0904. The maximum absolute atomic E-state index is 13.4. The molecule has 46 heavy (non-hydrogen) atoms. The number of nitrogens with one attached hydrogen (secondary N) is 3. The molecule has 262 valence electrons. The van der Waals surface area contributed by atoms with E-state index >= 15 is 0 Å². The summed E-state index contributed by atoms with van der Waals surface area (Å²) < 4.78 is 109. The summed E-state index contributed by atoms with van der Waals surface area (Å²) in [7, 11) is -17.3. The molecule has 0 aliphatic rings. The van der Waals surface area contributed by atoms with Gasteiger partial charge in [0.25, 0.3) is 0 Å². The predicted octanol–water partition coefficient (Wildman–Crippen LogP) is 4.37. The van der Waals surface area contributed by atoms with E-state index in [0.29, 0.717) is 6.42 Å². The number of sulfonamides is 4. The molecule has 0 amide bonds. The van der Waals surface area contributed by atoms with Crippen molar-refractivity contribution in [2.45, 2.75) is 112 Å². The summed E-state index contributed by atoms with van der Waals surface area (Å²) in [5.41, 5.74) is -0.241. The van der Waals surface area contributed by atoms with Gasteiger partial charge in [-0.15, -0.1) is 0 Å². The van der Waals surface area contributed by atoms with Crippen LogP contribution in [0.25, 0.3) is 0 Å². The van der Waals surface area contributed by atoms with Crippen molar-refractivity contribution in [3.05, 3.63) is 60.2 Å². The monoisotopic (exact) mass is 722 g/mol. The van der Waals surface area contributed by atoms with E-state index in [9.17, 15) is 33.7 Å². The average molecular weight is 723 g/mol. The molecule has 0 radical (unpaired) electrons. The molecular formula is C30H50N4O8S4. The van der Waals surface area contributed by atoms with Gasteiger partial charge in [0.2, 0.25) is 40.1 Å². The van der Waals surface area contributed by atoms with Crippen LogP contribution in [-0.4, -0.2) is 45.7 Å². The second kappa shape index (κ2) is 18.6. The molecule has 1 unspecified atom stereocenters. The highest BCUT2D eigenvalue weighted by Crippen LogP contribution is 2.24. The second-order valence-electron chi connectivity index (χ2n) is 11.6. The van der Waals surface area contributed by atoms with Crippen LogP contribution < -0.4 is 19.3 Å². The van der Waals surface area contributed by atoms with Crippen molar-refractivity contribution >= 4 is 40.1 Å². The van der Waals surface area contributed by atoms with E-state index in [2.05, 4.69) is 21.1 Å². The van der Waals surface area contributed by atoms with E-state index in [1.807, 2.05) is 0 Å². The predicted molar refractivity (Wildman–Crippen MR) is 181 cm³/mol. The Balaban J connectivity index is 2.14. The largest absolute Gasteiger partial charge is 0.243 e. The first-order chi connectivity index (χ1) is 21.5. The lowest BCUT2D eigenvalue weighted by atomic mass is 10.0. The molecule has 12 nitrogen and oxygen atoms in total. The summed E-state index contributed by atoms with van der Waals surface area (Å²) in [5, 5.41) is 5.18. The summed E-state index contributed by atoms with van der Waals surface area (Å²) in [6.07, 6.45) is 15.8. The first kappa shape index (κ1) is 40.3. The van der Waals surface area contributed by atoms with Crippen LogP contribution in [0.1, 0.15) is 102 Å². The zero-order valence-electron chi connectivity index (χ0n) is 26.8. The average Bonchev–Trinajstić information content (AvgIpc) is 2.96. The third kappa shape index (κ3) is 14.9. The minimum atomic E-state index is -4.55. The SMILES string of the molecule is CCCCCCCCCCCCCCCCS(=O)(=O)NC(NS(C)(=O)=O)(NS(=O)(=O)c1ccccc1)c1ccc(S(N)(=O)=O)cc1. The molecule has 0 aromatic heterocycles. The van der Waals surface area contributed by atoms with Gasteiger partial charge in [0, 0.05) is 5.56 Å². The van der Waals surface area contributed by atoms with Gasteiger partial charge in [-0.2, -0.15) is 14.2 Å². The molecular weight excluding hydrogens is 673 g/mol. The lowest BCUT2D eigenvalue weighted by Gasteiger charge is -2.35. The van der Waals surface area contributed by atoms with Crippen molar-refractivity contribution in [2.24, 2.45) is 5.14 Å². The minimum absolute atomic E-state index is 0.241. The van der Waals surface area contributed by atoms with Gasteiger partial charge in [-0.1, -0.05) is 121 Å². The van der Waals surface area contributed by atoms with Gasteiger partial charge >= 0.3 is 0 Å². The first-order valence-electron chi connectivity index (χ1n) is 15.7. The van der Waals surface area contributed by atoms with E-state index in [-0.39, 0.29) is 21.8 Å². The molecule has 0 fully saturated rings. The zero-order chi connectivity index (χ0) is 34.3. The summed E-state index contributed by atoms with van der Waals surface area (Å²) >= 11 is 0. The standard InChI is InChI=1S/C30H50N4O8S4/c1-3-4-5-6-7-8-9-10-11-12-13-14-15-19-26-44(37,38)33-30(32-43(2,35)36,27-22-24-28(25-23-27)45(31,39)40)34-46(41,42)29-20-17-16-18-21-29/h16-18,20-25,32-34H,3-15,19,26H2,1-2H3,(H2,31,39,40). The molecule has 0 bridgehead atoms. The number of rotatable bonds is 24. The maximum atomic E-state index is 13.4. The van der Waals surface area contributed by atoms with E-state index in [1.54, 1.807) is 6.07 Å². The molecule has 0 heterocycles. The zero-order valence-corrected chi connectivity index (χ0v) is 30.0. The third-order valence-corrected chi connectivity index (χ3v) is 11.9. The van der Waals surface area contributed by atoms with Crippen LogP contribution in [0.15, 0.2) is 64.4 Å². The van der Waals surface area contributed by atoms with Crippen LogP contribution in [0.3, 0.4) is 0 Å². The van der Waals surface area contributed by atoms with Crippen molar-refractivity contribution in [1.29, 1.82) is 0 Å². The lowest BCUT2D eigenvalue weighted by Crippen LogP contribution is -2.67. The van der Waals surface area contributed by atoms with Gasteiger partial charge in [-0.3, -0.25) is 0 Å². The molecule has 1 atom stereocenters. The Morgan fingerprint density at radius 1 is 0.565 bits per heavy atom. The normalized spacial score (nSPS) is 14.2. The highest BCUT2D eigenvalue weighted by molar-refractivity contribution is 7.91. The Bertz CT molecular complexity index is 1630. The van der Waals surface area contributed by atoms with E-state index in [4.69, 9.17) is 5.14 Å². The number of hydrogen-bond donors (Lipinski definition) is 4. The number of unbranched alkanes of at least 4 members (excludes halogenated alkanes) is 13. The lowest BCUT2D eigenvalue weighted by molar-refractivity contribution is 0.337. The maximum Gasteiger partial charge on any atom is 0.243 e. The number of benzene rings is 2. The van der Waals surface area contributed by atoms with Gasteiger partial charge in [0.1, 0.15) is 0 Å². The molecule has 0 spiro atoms. The summed E-state index contributed by atoms with van der Waals surface area (Å²) in [6, 6.07) is 11.1. The topological polar surface area (TPSA) is 199 Å². The molecule has 2 aromatic rings. The Labute approximate surface area is 276 Å². The van der Waals surface area contributed by atoms with Gasteiger partial charge in [0.05, 0.1) is 21.8 Å². The van der Waals surface area contributed by atoms with E-state index in [0.717, 1.165) is 56.2 Å². The smallest absolute Gasteiger partial charge is 0.225 e. The van der Waals surface area contributed by atoms with Crippen molar-refractivity contribution in [1.82, 2.24) is 14.2 Å². The third-order valence-electron chi connectivity index (χ3n) is 7.37. The Hall–Kier alpha value is -1.92. The Kier molecular flexibility index (Phi) is 16.3. The van der Waals surface area contributed by atoms with Gasteiger partial charge in [-0.05, 0) is 30.7 Å². The van der Waals surface area contributed by atoms with E-state index in [1.165, 1.54) is 75.6 Å². The molecule has 0 aliphatic heterocycles. The summed E-state index contributed by atoms with van der Waals surface area (Å²) in [5.74, 6) is -3.05. The van der Waals surface area contributed by atoms with Crippen LogP contribution >= 0.6 is 0 Å². The molecule has 16 heteroatoms. The van der Waals surface area contributed by atoms with Crippen LogP contribution in [0.2, 0.25) is 0 Å². The molecule has 0 saturated carbocycles. The number of nitrogens with two attached hydrogens (primary N) is 1. The fourth-order valence-electron chi connectivity index (χ4n) is 5.04. The number of primary sulfonamides is 1. The Morgan fingerprint density at radius 2 is 1.02 bits per heavy atom.